The van der Waals surface area contributed by atoms with E-state index in [0.29, 0.717) is 0 Å². The molecule has 0 amide bonds. The molecule has 0 saturated carbocycles. The second kappa shape index (κ2) is 4.08. The third kappa shape index (κ3) is 2.30. The maximum atomic E-state index is 12.1. The van der Waals surface area contributed by atoms with E-state index in [9.17, 15) is 14.7 Å². The van der Waals surface area contributed by atoms with Crippen molar-refractivity contribution in [2.75, 3.05) is 0 Å². The number of Topliss-reactive ketones (excluding diaryl/α,β-unsaturated/α-hetero) is 2. The second-order valence-electron chi connectivity index (χ2n) is 4.84. The molecule has 0 fully saturated rings. The summed E-state index contributed by atoms with van der Waals surface area (Å²) in [7, 11) is 0. The normalized spacial score (nSPS) is 11.2. The van der Waals surface area contributed by atoms with Gasteiger partial charge in [0, 0.05) is 11.0 Å². The first-order valence-electron chi connectivity index (χ1n) is 5.13. The first kappa shape index (κ1) is 12.4. The molecule has 1 aromatic rings. The first-order valence-corrected chi connectivity index (χ1v) is 5.13. The number of benzene rings is 1. The van der Waals surface area contributed by atoms with E-state index in [4.69, 9.17) is 0 Å². The van der Waals surface area contributed by atoms with Crippen LogP contribution in [-0.2, 0) is 0 Å². The fourth-order valence-corrected chi connectivity index (χ4v) is 1.45. The molecule has 86 valence electrons. The molecular formula is C13H16O3. The summed E-state index contributed by atoms with van der Waals surface area (Å²) in [6.07, 6.45) is 0. The zero-order valence-electron chi connectivity index (χ0n) is 10.00. The largest absolute Gasteiger partial charge is 0.507 e. The van der Waals surface area contributed by atoms with Gasteiger partial charge in [-0.15, -0.1) is 0 Å². The third-order valence-electron chi connectivity index (χ3n) is 2.33. The number of carbonyl (C=O) groups excluding carboxylic acids is 2. The molecule has 0 heterocycles. The number of hydrogen-bond acceptors (Lipinski definition) is 3. The molecule has 0 aliphatic carbocycles. The number of phenols is 1. The van der Waals surface area contributed by atoms with Crippen LogP contribution >= 0.6 is 0 Å². The quantitative estimate of drug-likeness (QED) is 0.780. The topological polar surface area (TPSA) is 54.4 Å². The molecule has 1 N–H and O–H groups in total. The van der Waals surface area contributed by atoms with Gasteiger partial charge in [-0.05, 0) is 13.0 Å². The molecule has 0 spiro atoms. The van der Waals surface area contributed by atoms with Crippen LogP contribution in [0, 0.1) is 5.41 Å². The van der Waals surface area contributed by atoms with Crippen molar-refractivity contribution < 1.29 is 14.7 Å². The van der Waals surface area contributed by atoms with Gasteiger partial charge >= 0.3 is 0 Å². The van der Waals surface area contributed by atoms with E-state index in [1.165, 1.54) is 13.0 Å². The minimum atomic E-state index is -0.622. The lowest BCUT2D eigenvalue weighted by atomic mass is 9.83. The van der Waals surface area contributed by atoms with E-state index in [1.54, 1.807) is 32.9 Å². The molecular weight excluding hydrogens is 204 g/mol. The van der Waals surface area contributed by atoms with Crippen LogP contribution in [0.15, 0.2) is 18.2 Å². The van der Waals surface area contributed by atoms with Crippen molar-refractivity contribution in [1.29, 1.82) is 0 Å². The Morgan fingerprint density at radius 1 is 1.19 bits per heavy atom. The Kier molecular flexibility index (Phi) is 3.17. The summed E-state index contributed by atoms with van der Waals surface area (Å²) >= 11 is 0. The Balaban J connectivity index is 3.43. The van der Waals surface area contributed by atoms with E-state index >= 15 is 0 Å². The van der Waals surface area contributed by atoms with Crippen molar-refractivity contribution in [1.82, 2.24) is 0 Å². The molecule has 3 heteroatoms. The van der Waals surface area contributed by atoms with Crippen LogP contribution in [0.5, 0.6) is 5.75 Å². The van der Waals surface area contributed by atoms with Crippen molar-refractivity contribution in [3.05, 3.63) is 29.3 Å². The highest BCUT2D eigenvalue weighted by Gasteiger charge is 2.28. The van der Waals surface area contributed by atoms with E-state index in [-0.39, 0.29) is 28.4 Å². The number of hydrogen-bond donors (Lipinski definition) is 1. The molecule has 0 aliphatic rings. The molecule has 0 unspecified atom stereocenters. The fourth-order valence-electron chi connectivity index (χ4n) is 1.45. The van der Waals surface area contributed by atoms with Gasteiger partial charge in [0.1, 0.15) is 5.75 Å². The van der Waals surface area contributed by atoms with Crippen LogP contribution in [0.4, 0.5) is 0 Å². The zero-order valence-corrected chi connectivity index (χ0v) is 10.00. The monoisotopic (exact) mass is 220 g/mol. The number of rotatable bonds is 2. The molecule has 0 atom stereocenters. The van der Waals surface area contributed by atoms with Crippen molar-refractivity contribution in [3.63, 3.8) is 0 Å². The maximum absolute atomic E-state index is 12.1. The zero-order chi connectivity index (χ0) is 12.5. The summed E-state index contributed by atoms with van der Waals surface area (Å²) in [5.74, 6) is -0.577. The van der Waals surface area contributed by atoms with Crippen LogP contribution in [0.2, 0.25) is 0 Å². The number of phenolic OH excluding ortho intramolecular Hbond substituents is 1. The molecule has 0 bridgehead atoms. The first-order chi connectivity index (χ1) is 7.25. The van der Waals surface area contributed by atoms with Crippen molar-refractivity contribution in [2.45, 2.75) is 27.7 Å². The Labute approximate surface area is 95.1 Å². The van der Waals surface area contributed by atoms with Gasteiger partial charge in [0.15, 0.2) is 11.6 Å². The number of aromatic hydroxyl groups is 1. The highest BCUT2D eigenvalue weighted by atomic mass is 16.3. The van der Waals surface area contributed by atoms with Crippen LogP contribution in [-0.4, -0.2) is 16.7 Å². The summed E-state index contributed by atoms with van der Waals surface area (Å²) in [5, 5.41) is 9.70. The van der Waals surface area contributed by atoms with Crippen LogP contribution < -0.4 is 0 Å². The predicted octanol–water partition coefficient (Wildman–Crippen LogP) is 2.82. The van der Waals surface area contributed by atoms with E-state index in [2.05, 4.69) is 0 Å². The molecule has 1 rings (SSSR count). The van der Waals surface area contributed by atoms with E-state index in [0.717, 1.165) is 0 Å². The van der Waals surface area contributed by atoms with Gasteiger partial charge in [0.2, 0.25) is 0 Å². The molecule has 16 heavy (non-hydrogen) atoms. The molecule has 0 radical (unpaired) electrons. The smallest absolute Gasteiger partial charge is 0.172 e. The lowest BCUT2D eigenvalue weighted by molar-refractivity contribution is 0.0848. The van der Waals surface area contributed by atoms with Crippen LogP contribution in [0.25, 0.3) is 0 Å². The highest BCUT2D eigenvalue weighted by Crippen LogP contribution is 2.29. The Morgan fingerprint density at radius 2 is 1.75 bits per heavy atom. The van der Waals surface area contributed by atoms with Gasteiger partial charge < -0.3 is 5.11 Å². The van der Waals surface area contributed by atoms with E-state index in [1.807, 2.05) is 0 Å². The summed E-state index contributed by atoms with van der Waals surface area (Å²) in [6, 6.07) is 4.54. The van der Waals surface area contributed by atoms with Crippen LogP contribution in [0.3, 0.4) is 0 Å². The third-order valence-corrected chi connectivity index (χ3v) is 2.33. The summed E-state index contributed by atoms with van der Waals surface area (Å²) in [4.78, 5) is 23.5. The van der Waals surface area contributed by atoms with Gasteiger partial charge in [0.25, 0.3) is 0 Å². The molecule has 1 aromatic carbocycles. The Bertz CT molecular complexity index is 439. The standard InChI is InChI=1S/C13H16O3/c1-8(14)9-6-5-7-10(15)11(9)12(16)13(2,3)4/h5-7,15H,1-4H3. The minimum Gasteiger partial charge on any atom is -0.507 e. The highest BCUT2D eigenvalue weighted by molar-refractivity contribution is 6.11. The average molecular weight is 220 g/mol. The van der Waals surface area contributed by atoms with Crippen molar-refractivity contribution in [2.24, 2.45) is 5.41 Å². The second-order valence-corrected chi connectivity index (χ2v) is 4.84. The molecule has 0 aromatic heterocycles. The summed E-state index contributed by atoms with van der Waals surface area (Å²) in [6.45, 7) is 6.65. The van der Waals surface area contributed by atoms with Crippen molar-refractivity contribution in [3.8, 4) is 5.75 Å². The van der Waals surface area contributed by atoms with Gasteiger partial charge in [-0.2, -0.15) is 0 Å². The van der Waals surface area contributed by atoms with Gasteiger partial charge in [0.05, 0.1) is 5.56 Å². The maximum Gasteiger partial charge on any atom is 0.172 e. The summed E-state index contributed by atoms with van der Waals surface area (Å²) < 4.78 is 0. The molecule has 0 aliphatic heterocycles. The van der Waals surface area contributed by atoms with Gasteiger partial charge in [-0.1, -0.05) is 32.9 Å². The lowest BCUT2D eigenvalue weighted by Gasteiger charge is -2.19. The Hall–Kier alpha value is -1.64. The SMILES string of the molecule is CC(=O)c1cccc(O)c1C(=O)C(C)(C)C. The number of ketones is 2. The molecule has 0 saturated heterocycles. The summed E-state index contributed by atoms with van der Waals surface area (Å²) in [5.41, 5.74) is -0.217. The number of carbonyl (C=O) groups is 2. The van der Waals surface area contributed by atoms with Crippen LogP contribution in [0.1, 0.15) is 48.4 Å². The lowest BCUT2D eigenvalue weighted by Crippen LogP contribution is -2.22. The van der Waals surface area contributed by atoms with Crippen molar-refractivity contribution >= 4 is 11.6 Å². The van der Waals surface area contributed by atoms with Gasteiger partial charge in [-0.3, -0.25) is 9.59 Å². The van der Waals surface area contributed by atoms with Gasteiger partial charge in [-0.25, -0.2) is 0 Å². The fraction of sp³-hybridized carbons (Fsp3) is 0.385. The van der Waals surface area contributed by atoms with E-state index < -0.39 is 5.41 Å². The average Bonchev–Trinajstić information content (AvgIpc) is 2.14. The molecule has 3 nitrogen and oxygen atoms in total. The predicted molar refractivity (Wildman–Crippen MR) is 61.9 cm³/mol. The Morgan fingerprint density at radius 3 is 2.19 bits per heavy atom. The minimum absolute atomic E-state index is 0.127.